The summed E-state index contributed by atoms with van der Waals surface area (Å²) in [6.07, 6.45) is 21.8. The molecule has 0 fully saturated rings. The van der Waals surface area contributed by atoms with Crippen LogP contribution in [0.1, 0.15) is 136 Å². The summed E-state index contributed by atoms with van der Waals surface area (Å²) in [7, 11) is 0. The quantitative estimate of drug-likeness (QED) is 0.0794. The Morgan fingerprint density at radius 2 is 0.966 bits per heavy atom. The van der Waals surface area contributed by atoms with E-state index in [9.17, 15) is 9.59 Å². The molecule has 0 saturated heterocycles. The average molecular weight is 431 g/mol. The molecular weight excluding hydrogens is 384 g/mol. The Hall–Kier alpha value is -0.570. The van der Waals surface area contributed by atoms with Gasteiger partial charge in [-0.25, -0.2) is 0 Å². The van der Waals surface area contributed by atoms with Crippen molar-refractivity contribution >= 4 is 22.8 Å². The Kier molecular flexibility index (Phi) is 19.0. The second-order valence-corrected chi connectivity index (χ2v) is 8.85. The highest BCUT2D eigenvalue weighted by Gasteiger charge is 2.43. The number of esters is 1. The number of ether oxygens (including phenoxy) is 1. The van der Waals surface area contributed by atoms with Crippen molar-refractivity contribution in [3.63, 3.8) is 0 Å². The standard InChI is InChI=1S/C25H47ClO3/c1-4-7-8-9-10-11-12-13-14-15-16-17-18-19-20-21-22-29-24(28)25(5-2,6-3)23(26)27/h4-22H2,1-3H3. The number of hydrogen-bond acceptors (Lipinski definition) is 3. The van der Waals surface area contributed by atoms with Crippen molar-refractivity contribution in [2.24, 2.45) is 5.41 Å². The molecule has 0 N–H and O–H groups in total. The third kappa shape index (κ3) is 13.4. The van der Waals surface area contributed by atoms with Gasteiger partial charge in [-0.05, 0) is 30.9 Å². The van der Waals surface area contributed by atoms with Gasteiger partial charge in [-0.15, -0.1) is 0 Å². The molecule has 0 rings (SSSR count). The third-order valence-electron chi connectivity index (χ3n) is 6.21. The number of rotatable bonds is 21. The third-order valence-corrected chi connectivity index (χ3v) is 6.57. The van der Waals surface area contributed by atoms with E-state index >= 15 is 0 Å². The lowest BCUT2D eigenvalue weighted by Gasteiger charge is -2.24. The Morgan fingerprint density at radius 3 is 1.28 bits per heavy atom. The minimum absolute atomic E-state index is 0.392. The summed E-state index contributed by atoms with van der Waals surface area (Å²) in [6, 6.07) is 0. The molecule has 0 amide bonds. The molecular formula is C25H47ClO3. The van der Waals surface area contributed by atoms with E-state index in [1.807, 2.05) is 0 Å². The van der Waals surface area contributed by atoms with Crippen molar-refractivity contribution in [3.05, 3.63) is 0 Å². The van der Waals surface area contributed by atoms with Gasteiger partial charge in [0.1, 0.15) is 5.41 Å². The summed E-state index contributed by atoms with van der Waals surface area (Å²) in [5.41, 5.74) is -1.16. The second-order valence-electron chi connectivity index (χ2n) is 8.50. The van der Waals surface area contributed by atoms with Crippen LogP contribution in [-0.4, -0.2) is 17.8 Å². The molecule has 0 atom stereocenters. The van der Waals surface area contributed by atoms with Crippen LogP contribution in [0.25, 0.3) is 0 Å². The van der Waals surface area contributed by atoms with Crippen molar-refractivity contribution in [3.8, 4) is 0 Å². The number of hydrogen-bond donors (Lipinski definition) is 0. The van der Waals surface area contributed by atoms with Gasteiger partial charge in [-0.3, -0.25) is 9.59 Å². The highest BCUT2D eigenvalue weighted by molar-refractivity contribution is 6.66. The predicted molar refractivity (Wildman–Crippen MR) is 124 cm³/mol. The van der Waals surface area contributed by atoms with Crippen LogP contribution in [0, 0.1) is 5.41 Å². The number of halogens is 1. The highest BCUT2D eigenvalue weighted by Crippen LogP contribution is 2.31. The summed E-state index contributed by atoms with van der Waals surface area (Å²) >= 11 is 5.64. The van der Waals surface area contributed by atoms with Crippen molar-refractivity contribution in [1.29, 1.82) is 0 Å². The van der Waals surface area contributed by atoms with Crippen LogP contribution >= 0.6 is 11.6 Å². The zero-order valence-corrected chi connectivity index (χ0v) is 20.3. The molecule has 0 bridgehead atoms. The Balaban J connectivity index is 3.44. The van der Waals surface area contributed by atoms with Gasteiger partial charge in [0, 0.05) is 0 Å². The second kappa shape index (κ2) is 19.4. The van der Waals surface area contributed by atoms with E-state index in [2.05, 4.69) is 6.92 Å². The van der Waals surface area contributed by atoms with Crippen LogP contribution in [-0.2, 0) is 14.3 Å². The predicted octanol–water partition coefficient (Wildman–Crippen LogP) is 8.36. The minimum atomic E-state index is -1.16. The summed E-state index contributed by atoms with van der Waals surface area (Å²) in [5, 5.41) is -0.598. The molecule has 0 aliphatic carbocycles. The minimum Gasteiger partial charge on any atom is -0.465 e. The van der Waals surface area contributed by atoms with E-state index in [0.717, 1.165) is 12.8 Å². The number of carbonyl (C=O) groups is 2. The summed E-state index contributed by atoms with van der Waals surface area (Å²) in [4.78, 5) is 23.8. The first-order valence-electron chi connectivity index (χ1n) is 12.4. The largest absolute Gasteiger partial charge is 0.465 e. The molecule has 0 aromatic rings. The fourth-order valence-electron chi connectivity index (χ4n) is 3.85. The summed E-state index contributed by atoms with van der Waals surface area (Å²) in [6.45, 7) is 6.27. The summed E-state index contributed by atoms with van der Waals surface area (Å²) in [5.74, 6) is -0.455. The van der Waals surface area contributed by atoms with Crippen molar-refractivity contribution in [2.75, 3.05) is 6.61 Å². The van der Waals surface area contributed by atoms with E-state index in [0.29, 0.717) is 19.4 Å². The maximum Gasteiger partial charge on any atom is 0.320 e. The van der Waals surface area contributed by atoms with Crippen LogP contribution in [0.3, 0.4) is 0 Å². The number of carbonyl (C=O) groups excluding carboxylic acids is 2. The molecule has 4 heteroatoms. The smallest absolute Gasteiger partial charge is 0.320 e. The van der Waals surface area contributed by atoms with Crippen LogP contribution < -0.4 is 0 Å². The first kappa shape index (κ1) is 28.4. The first-order chi connectivity index (χ1) is 14.0. The zero-order chi connectivity index (χ0) is 21.8. The maximum atomic E-state index is 12.2. The molecule has 0 aliphatic heterocycles. The SMILES string of the molecule is CCCCCCCCCCCCCCCCCCOC(=O)C(CC)(CC)C(=O)Cl. The van der Waals surface area contributed by atoms with E-state index in [1.165, 1.54) is 89.9 Å². The van der Waals surface area contributed by atoms with Gasteiger partial charge in [-0.2, -0.15) is 0 Å². The van der Waals surface area contributed by atoms with Crippen LogP contribution in [0.15, 0.2) is 0 Å². The monoisotopic (exact) mass is 430 g/mol. The van der Waals surface area contributed by atoms with Gasteiger partial charge in [0.15, 0.2) is 0 Å². The lowest BCUT2D eigenvalue weighted by atomic mass is 9.84. The van der Waals surface area contributed by atoms with Gasteiger partial charge >= 0.3 is 5.97 Å². The molecule has 3 nitrogen and oxygen atoms in total. The fraction of sp³-hybridized carbons (Fsp3) is 0.920. The Morgan fingerprint density at radius 1 is 0.621 bits per heavy atom. The van der Waals surface area contributed by atoms with Crippen molar-refractivity contribution < 1.29 is 14.3 Å². The molecule has 0 aliphatic rings. The molecule has 29 heavy (non-hydrogen) atoms. The molecule has 0 heterocycles. The maximum absolute atomic E-state index is 12.2. The van der Waals surface area contributed by atoms with Crippen LogP contribution in [0.4, 0.5) is 0 Å². The Bertz CT molecular complexity index is 405. The molecule has 0 spiro atoms. The molecule has 0 unspecified atom stereocenters. The van der Waals surface area contributed by atoms with Gasteiger partial charge in [0.2, 0.25) is 5.24 Å². The van der Waals surface area contributed by atoms with Crippen LogP contribution in [0.2, 0.25) is 0 Å². The lowest BCUT2D eigenvalue weighted by molar-refractivity contribution is -0.159. The molecule has 172 valence electrons. The van der Waals surface area contributed by atoms with Gasteiger partial charge in [0.05, 0.1) is 6.61 Å². The van der Waals surface area contributed by atoms with Crippen LogP contribution in [0.5, 0.6) is 0 Å². The topological polar surface area (TPSA) is 43.4 Å². The normalized spacial score (nSPS) is 11.6. The van der Waals surface area contributed by atoms with Gasteiger partial charge in [-0.1, -0.05) is 117 Å². The van der Waals surface area contributed by atoms with E-state index in [4.69, 9.17) is 16.3 Å². The van der Waals surface area contributed by atoms with E-state index in [1.54, 1.807) is 13.8 Å². The lowest BCUT2D eigenvalue weighted by Crippen LogP contribution is -2.37. The Labute approximate surface area is 185 Å². The number of unbranched alkanes of at least 4 members (excludes halogenated alkanes) is 15. The first-order valence-corrected chi connectivity index (χ1v) is 12.8. The fourth-order valence-corrected chi connectivity index (χ4v) is 4.19. The van der Waals surface area contributed by atoms with E-state index in [-0.39, 0.29) is 0 Å². The highest BCUT2D eigenvalue weighted by atomic mass is 35.5. The van der Waals surface area contributed by atoms with Gasteiger partial charge < -0.3 is 4.74 Å². The molecule has 0 saturated carbocycles. The molecule has 0 aromatic heterocycles. The van der Waals surface area contributed by atoms with Gasteiger partial charge in [0.25, 0.3) is 0 Å². The average Bonchev–Trinajstić information content (AvgIpc) is 2.71. The zero-order valence-electron chi connectivity index (χ0n) is 19.5. The summed E-state index contributed by atoms with van der Waals surface area (Å²) < 4.78 is 5.33. The molecule has 0 aromatic carbocycles. The van der Waals surface area contributed by atoms with E-state index < -0.39 is 16.6 Å². The van der Waals surface area contributed by atoms with Crippen molar-refractivity contribution in [1.82, 2.24) is 0 Å². The van der Waals surface area contributed by atoms with Crippen molar-refractivity contribution in [2.45, 2.75) is 136 Å². The molecule has 0 radical (unpaired) electrons.